The third-order valence-electron chi connectivity index (χ3n) is 11.9. The zero-order chi connectivity index (χ0) is 44.8. The van der Waals surface area contributed by atoms with Crippen LogP contribution in [0.15, 0.2) is 182 Å². The molecule has 10 nitrogen and oxygen atoms in total. The van der Waals surface area contributed by atoms with Crippen molar-refractivity contribution < 1.29 is 38.7 Å². The fraction of sp³-hybridized carbons (Fsp3) is 0.148. The molecule has 2 atom stereocenters. The third-order valence-corrected chi connectivity index (χ3v) is 11.9. The van der Waals surface area contributed by atoms with Crippen LogP contribution in [0.25, 0.3) is 21.5 Å². The summed E-state index contributed by atoms with van der Waals surface area (Å²) in [4.78, 5) is 30.0. The van der Waals surface area contributed by atoms with Crippen molar-refractivity contribution in [3.05, 3.63) is 215 Å². The number of benzene rings is 8. The van der Waals surface area contributed by atoms with Crippen LogP contribution in [0.4, 0.5) is 0 Å². The lowest BCUT2D eigenvalue weighted by Gasteiger charge is -2.40. The standard InChI is InChI=1S/C54H48N2O8/c1-61-45-25-13-9-21-41(45)53(59,42-22-10-14-26-46(42)62-2)49(39-31-29-35-17-5-7-19-37(35)33-39)55-51(57)52(58)56-50(40-32-30-36-18-6-8-20-38(36)34-40)54(60,43-23-11-15-27-47(43)63-3)44-24-12-16-28-48(44)64-4/h5-34,49-50,59-60H,1-4H3,(H,55,57)(H,56,58)/t49-,50-/m1/s1. The smallest absolute Gasteiger partial charge is 0.309 e. The molecule has 0 saturated carbocycles. The fourth-order valence-corrected chi connectivity index (χ4v) is 8.78. The summed E-state index contributed by atoms with van der Waals surface area (Å²) in [5, 5.41) is 36.7. The SMILES string of the molecule is COc1ccccc1C(O)(c1ccccc1OC)[C@H](NC(=O)C(=O)N[C@H](c1ccc2ccccc2c1)C(O)(c1ccccc1OC)c1ccccc1OC)c1ccc2ccccc2c1. The van der Waals surface area contributed by atoms with Gasteiger partial charge in [-0.15, -0.1) is 0 Å². The number of rotatable bonds is 14. The van der Waals surface area contributed by atoms with Crippen LogP contribution in [-0.2, 0) is 20.8 Å². The Morgan fingerprint density at radius 3 is 0.953 bits per heavy atom. The van der Waals surface area contributed by atoms with Crippen LogP contribution in [0.3, 0.4) is 0 Å². The van der Waals surface area contributed by atoms with Gasteiger partial charge in [0.1, 0.15) is 34.2 Å². The number of carbonyl (C=O) groups is 2. The van der Waals surface area contributed by atoms with Crippen molar-refractivity contribution in [2.24, 2.45) is 0 Å². The van der Waals surface area contributed by atoms with Crippen molar-refractivity contribution in [3.63, 3.8) is 0 Å². The van der Waals surface area contributed by atoms with Gasteiger partial charge in [0.05, 0.1) is 40.5 Å². The van der Waals surface area contributed by atoms with Gasteiger partial charge in [-0.3, -0.25) is 9.59 Å². The Morgan fingerprint density at radius 2 is 0.656 bits per heavy atom. The van der Waals surface area contributed by atoms with E-state index in [1.54, 1.807) is 109 Å². The zero-order valence-electron chi connectivity index (χ0n) is 35.8. The van der Waals surface area contributed by atoms with Crippen LogP contribution < -0.4 is 29.6 Å². The summed E-state index contributed by atoms with van der Waals surface area (Å²) in [6.07, 6.45) is 0. The number of carbonyl (C=O) groups excluding carboxylic acids is 2. The molecule has 8 rings (SSSR count). The molecule has 8 aromatic rings. The van der Waals surface area contributed by atoms with E-state index in [9.17, 15) is 10.2 Å². The molecule has 4 N–H and O–H groups in total. The highest BCUT2D eigenvalue weighted by molar-refractivity contribution is 6.35. The molecule has 2 amide bonds. The summed E-state index contributed by atoms with van der Waals surface area (Å²) >= 11 is 0. The summed E-state index contributed by atoms with van der Waals surface area (Å²) in [5.41, 5.74) is -2.08. The molecule has 0 saturated heterocycles. The summed E-state index contributed by atoms with van der Waals surface area (Å²) in [7, 11) is 5.98. The minimum atomic E-state index is -2.12. The number of aliphatic hydroxyl groups is 2. The molecule has 0 aliphatic rings. The molecular weight excluding hydrogens is 805 g/mol. The third kappa shape index (κ3) is 7.85. The average molecular weight is 853 g/mol. The van der Waals surface area contributed by atoms with E-state index in [0.717, 1.165) is 21.5 Å². The first-order valence-electron chi connectivity index (χ1n) is 20.7. The lowest BCUT2D eigenvalue weighted by Crippen LogP contribution is -2.52. The Morgan fingerprint density at radius 1 is 0.391 bits per heavy atom. The Labute approximate surface area is 371 Å². The van der Waals surface area contributed by atoms with Gasteiger partial charge in [0.15, 0.2) is 0 Å². The van der Waals surface area contributed by atoms with Gasteiger partial charge in [0, 0.05) is 22.3 Å². The number of ether oxygens (including phenoxy) is 4. The first-order valence-corrected chi connectivity index (χ1v) is 20.7. The van der Waals surface area contributed by atoms with Crippen molar-refractivity contribution in [3.8, 4) is 23.0 Å². The maximum Gasteiger partial charge on any atom is 0.309 e. The normalized spacial score (nSPS) is 12.5. The van der Waals surface area contributed by atoms with Crippen molar-refractivity contribution in [2.45, 2.75) is 23.3 Å². The minimum Gasteiger partial charge on any atom is -0.496 e. The van der Waals surface area contributed by atoms with Gasteiger partial charge in [-0.25, -0.2) is 0 Å². The lowest BCUT2D eigenvalue weighted by molar-refractivity contribution is -0.142. The van der Waals surface area contributed by atoms with Gasteiger partial charge in [-0.1, -0.05) is 146 Å². The fourth-order valence-electron chi connectivity index (χ4n) is 8.78. The quantitative estimate of drug-likeness (QED) is 0.0798. The van der Waals surface area contributed by atoms with E-state index in [4.69, 9.17) is 18.9 Å². The number of amides is 2. The van der Waals surface area contributed by atoms with Crippen LogP contribution >= 0.6 is 0 Å². The molecule has 64 heavy (non-hydrogen) atoms. The molecule has 0 aliphatic carbocycles. The van der Waals surface area contributed by atoms with Crippen LogP contribution in [0.1, 0.15) is 45.5 Å². The van der Waals surface area contributed by atoms with Crippen molar-refractivity contribution >= 4 is 33.4 Å². The molecule has 8 aromatic carbocycles. The van der Waals surface area contributed by atoms with Crippen LogP contribution in [0, 0.1) is 0 Å². The second kappa shape index (κ2) is 18.4. The van der Waals surface area contributed by atoms with E-state index >= 15 is 9.59 Å². The summed E-state index contributed by atoms with van der Waals surface area (Å²) in [6, 6.07) is 51.7. The van der Waals surface area contributed by atoms with Gasteiger partial charge in [-0.2, -0.15) is 0 Å². The number of hydrogen-bond acceptors (Lipinski definition) is 8. The largest absolute Gasteiger partial charge is 0.496 e. The van der Waals surface area contributed by atoms with Crippen LogP contribution in [0.5, 0.6) is 23.0 Å². The first-order chi connectivity index (χ1) is 31.1. The summed E-state index contributed by atoms with van der Waals surface area (Å²) < 4.78 is 23.4. The van der Waals surface area contributed by atoms with E-state index in [-0.39, 0.29) is 0 Å². The topological polar surface area (TPSA) is 136 Å². The molecular formula is C54H48N2O8. The molecule has 0 heterocycles. The van der Waals surface area contributed by atoms with E-state index in [2.05, 4.69) is 10.6 Å². The second-order valence-corrected chi connectivity index (χ2v) is 15.4. The Hall–Kier alpha value is -7.66. The number of methoxy groups -OCH3 is 4. The van der Waals surface area contributed by atoms with Crippen molar-refractivity contribution in [1.29, 1.82) is 0 Å². The Bertz CT molecular complexity index is 2670. The van der Waals surface area contributed by atoms with E-state index in [1.807, 2.05) is 72.8 Å². The maximum atomic E-state index is 15.0. The van der Waals surface area contributed by atoms with Crippen LogP contribution in [-0.4, -0.2) is 50.5 Å². The number of para-hydroxylation sites is 4. The van der Waals surface area contributed by atoms with Gasteiger partial charge < -0.3 is 39.8 Å². The average Bonchev–Trinajstić information content (AvgIpc) is 3.36. The second-order valence-electron chi connectivity index (χ2n) is 15.4. The van der Waals surface area contributed by atoms with Gasteiger partial charge in [0.2, 0.25) is 0 Å². The van der Waals surface area contributed by atoms with Gasteiger partial charge in [0.25, 0.3) is 0 Å². The van der Waals surface area contributed by atoms with E-state index in [0.29, 0.717) is 56.4 Å². The van der Waals surface area contributed by atoms with Crippen molar-refractivity contribution in [1.82, 2.24) is 10.6 Å². The molecule has 0 radical (unpaired) electrons. The summed E-state index contributed by atoms with van der Waals surface area (Å²) in [6.45, 7) is 0. The molecule has 0 unspecified atom stereocenters. The minimum absolute atomic E-state index is 0.302. The number of nitrogens with one attached hydrogen (secondary N) is 2. The molecule has 10 heteroatoms. The monoisotopic (exact) mass is 852 g/mol. The van der Waals surface area contributed by atoms with Gasteiger partial charge in [-0.05, 0) is 69.1 Å². The zero-order valence-corrected chi connectivity index (χ0v) is 35.8. The molecule has 0 fully saturated rings. The van der Waals surface area contributed by atoms with Crippen molar-refractivity contribution in [2.75, 3.05) is 28.4 Å². The highest BCUT2D eigenvalue weighted by Gasteiger charge is 2.49. The van der Waals surface area contributed by atoms with E-state index < -0.39 is 35.1 Å². The molecule has 322 valence electrons. The predicted molar refractivity (Wildman–Crippen MR) is 248 cm³/mol. The molecule has 0 bridgehead atoms. The Kier molecular flexibility index (Phi) is 12.3. The number of hydrogen-bond donors (Lipinski definition) is 4. The highest BCUT2D eigenvalue weighted by Crippen LogP contribution is 2.50. The Balaban J connectivity index is 1.32. The molecule has 0 aromatic heterocycles. The number of fused-ring (bicyclic) bond motifs is 2. The predicted octanol–water partition coefficient (Wildman–Crippen LogP) is 8.91. The van der Waals surface area contributed by atoms with E-state index in [1.165, 1.54) is 28.4 Å². The van der Waals surface area contributed by atoms with Crippen LogP contribution in [0.2, 0.25) is 0 Å². The van der Waals surface area contributed by atoms with Gasteiger partial charge >= 0.3 is 11.8 Å². The highest BCUT2D eigenvalue weighted by atomic mass is 16.5. The molecule has 0 aliphatic heterocycles. The lowest BCUT2D eigenvalue weighted by atomic mass is 9.75. The maximum absolute atomic E-state index is 15.0. The summed E-state index contributed by atoms with van der Waals surface area (Å²) in [5.74, 6) is -0.888. The first kappa shape index (κ1) is 43.0. The molecule has 0 spiro atoms.